The van der Waals surface area contributed by atoms with Gasteiger partial charge in [0, 0.05) is 104 Å². The molecule has 0 aromatic heterocycles. The maximum atomic E-state index is 12.0. The van der Waals surface area contributed by atoms with E-state index >= 15 is 0 Å². The molecule has 30 heteroatoms. The fourth-order valence-corrected chi connectivity index (χ4v) is 67.3. The van der Waals surface area contributed by atoms with Crippen molar-refractivity contribution in [2.45, 2.75) is 163 Å². The monoisotopic (exact) mass is 1300 g/mol. The Morgan fingerprint density at radius 3 is 0.630 bits per heavy atom. The first-order valence-corrected chi connectivity index (χ1v) is 53.0. The lowest BCUT2D eigenvalue weighted by molar-refractivity contribution is -0.140. The Morgan fingerprint density at radius 1 is 0.272 bits per heavy atom. The van der Waals surface area contributed by atoms with E-state index < -0.39 is 132 Å². The molecule has 0 unspecified atom stereocenters. The van der Waals surface area contributed by atoms with E-state index in [2.05, 4.69) is 0 Å². The third-order valence-corrected chi connectivity index (χ3v) is 58.7. The Labute approximate surface area is 489 Å². The van der Waals surface area contributed by atoms with Gasteiger partial charge in [-0.3, -0.25) is 38.4 Å². The zero-order valence-corrected chi connectivity index (χ0v) is 61.2. The van der Waals surface area contributed by atoms with Crippen molar-refractivity contribution in [1.29, 1.82) is 0 Å². The van der Waals surface area contributed by atoms with Crippen LogP contribution in [0.25, 0.3) is 0 Å². The molecule has 20 nitrogen and oxygen atoms in total. The van der Waals surface area contributed by atoms with Gasteiger partial charge in [-0.25, -0.2) is 0 Å². The highest BCUT2D eigenvalue weighted by molar-refractivity contribution is 7.05. The molecule has 0 atom stereocenters. The average molecular weight is 1300 g/mol. The highest BCUT2D eigenvalue weighted by atomic mass is 28.5. The fourth-order valence-electron chi connectivity index (χ4n) is 10.5. The Hall–Kier alpha value is -4.57. The molecule has 0 aliphatic carbocycles. The third kappa shape index (κ3) is 25.9. The van der Waals surface area contributed by atoms with Crippen LogP contribution in [0.15, 0.2) is 91.0 Å². The molecule has 3 aromatic rings. The number of benzene rings is 3. The molecule has 0 saturated carbocycles. The van der Waals surface area contributed by atoms with Gasteiger partial charge in [0.15, 0.2) is 33.3 Å². The van der Waals surface area contributed by atoms with Crippen LogP contribution >= 0.6 is 0 Å². The van der Waals surface area contributed by atoms with Gasteiger partial charge >= 0.3 is 51.4 Å². The minimum atomic E-state index is -3.57. The van der Waals surface area contributed by atoms with E-state index in [4.69, 9.17) is 51.9 Å². The lowest BCUT2D eigenvalue weighted by Crippen LogP contribution is -2.71. The van der Waals surface area contributed by atoms with Gasteiger partial charge < -0.3 is 51.9 Å². The number of rotatable bonds is 27. The van der Waals surface area contributed by atoms with Gasteiger partial charge in [0.2, 0.25) is 0 Å². The van der Waals surface area contributed by atoms with Crippen molar-refractivity contribution in [2.75, 3.05) is 0 Å². The Kier molecular flexibility index (Phi) is 26.2. The van der Waals surface area contributed by atoms with Crippen LogP contribution in [-0.2, 0) is 90.2 Å². The van der Waals surface area contributed by atoms with Crippen molar-refractivity contribution in [3.63, 3.8) is 0 Å². The molecule has 450 valence electrons. The smallest absolute Gasteiger partial charge is 0.460 e. The maximum Gasteiger partial charge on any atom is 0.460 e. The van der Waals surface area contributed by atoms with Crippen LogP contribution in [0.1, 0.15) is 55.4 Å². The van der Waals surface area contributed by atoms with Crippen LogP contribution in [-0.4, -0.2) is 132 Å². The van der Waals surface area contributed by atoms with E-state index in [1.165, 1.54) is 55.4 Å². The summed E-state index contributed by atoms with van der Waals surface area (Å²) in [6.07, 6.45) is 0. The second kappa shape index (κ2) is 29.3. The van der Waals surface area contributed by atoms with Crippen molar-refractivity contribution in [3.8, 4) is 0 Å². The number of carbonyl (C=O) groups is 8. The first kappa shape index (κ1) is 72.5. The first-order chi connectivity index (χ1) is 36.8. The van der Waals surface area contributed by atoms with E-state index in [9.17, 15) is 38.4 Å². The van der Waals surface area contributed by atoms with Crippen LogP contribution in [0.5, 0.6) is 0 Å². The Bertz CT molecular complexity index is 2440. The summed E-state index contributed by atoms with van der Waals surface area (Å²) < 4.78 is 73.3. The highest BCUT2D eigenvalue weighted by Crippen LogP contribution is 2.34. The summed E-state index contributed by atoms with van der Waals surface area (Å²) in [5, 5.41) is 2.61. The molecule has 0 heterocycles. The van der Waals surface area contributed by atoms with Gasteiger partial charge in [-0.2, -0.15) is 0 Å². The molecule has 0 saturated heterocycles. The number of carbonyl (C=O) groups excluding carboxylic acids is 8. The second-order valence-corrected chi connectivity index (χ2v) is 61.7. The molecule has 0 N–H and O–H groups in total. The Balaban J connectivity index is 0.000000558. The largest absolute Gasteiger partial charge is 0.485 e. The zero-order chi connectivity index (χ0) is 62.3. The summed E-state index contributed by atoms with van der Waals surface area (Å²) in [5.74, 6) is -4.17. The molecular weight excluding hydrogens is 1210 g/mol. The summed E-state index contributed by atoms with van der Waals surface area (Å²) >= 11 is 0. The van der Waals surface area contributed by atoms with Crippen LogP contribution in [0, 0.1) is 0 Å². The van der Waals surface area contributed by atoms with Gasteiger partial charge in [0.05, 0.1) is 0 Å². The average Bonchev–Trinajstić information content (AvgIpc) is 3.22. The highest BCUT2D eigenvalue weighted by Gasteiger charge is 2.57. The zero-order valence-electron chi connectivity index (χ0n) is 51.2. The van der Waals surface area contributed by atoms with Gasteiger partial charge in [-0.05, 0) is 74.5 Å². The molecule has 0 amide bonds. The summed E-state index contributed by atoms with van der Waals surface area (Å²) in [4.78, 5) is 95.5. The normalized spacial score (nSPS) is 12.8. The number of hydrogen-bond donors (Lipinski definition) is 0. The fraction of sp³-hybridized carbons (Fsp3) is 0.490. The van der Waals surface area contributed by atoms with Gasteiger partial charge in [0.1, 0.15) is 0 Å². The lowest BCUT2D eigenvalue weighted by atomic mass is 10.4. The molecule has 0 fully saturated rings. The van der Waals surface area contributed by atoms with E-state index in [0.717, 1.165) is 15.6 Å². The van der Waals surface area contributed by atoms with E-state index in [1.807, 2.05) is 150 Å². The van der Waals surface area contributed by atoms with Gasteiger partial charge in [-0.1, -0.05) is 91.0 Å². The van der Waals surface area contributed by atoms with Crippen molar-refractivity contribution in [1.82, 2.24) is 0 Å². The summed E-state index contributed by atoms with van der Waals surface area (Å²) in [6, 6.07) is 29.0. The molecule has 3 rings (SSSR count). The van der Waals surface area contributed by atoms with E-state index in [0.29, 0.717) is 11.3 Å². The molecule has 0 aliphatic rings. The summed E-state index contributed by atoms with van der Waals surface area (Å²) in [6.45, 7) is 34.9. The van der Waals surface area contributed by atoms with Crippen LogP contribution < -0.4 is 15.6 Å². The predicted molar refractivity (Wildman–Crippen MR) is 330 cm³/mol. The maximum absolute atomic E-state index is 12.0. The van der Waals surface area contributed by atoms with E-state index in [-0.39, 0.29) is 11.3 Å². The number of hydrogen-bond acceptors (Lipinski definition) is 20. The van der Waals surface area contributed by atoms with Gasteiger partial charge in [-0.15, -0.1) is 0 Å². The van der Waals surface area contributed by atoms with E-state index in [1.54, 1.807) is 26.2 Å². The molecule has 0 aliphatic heterocycles. The molecule has 0 bridgehead atoms. The lowest BCUT2D eigenvalue weighted by Gasteiger charge is -2.45. The van der Waals surface area contributed by atoms with Crippen LogP contribution in [0.4, 0.5) is 0 Å². The standard InChI is InChI=1S/C28H44O10Si5.C23H42O10Si5/c1-23(29)33-41(9,34-24(2)30)21-39(5,6)37-43(27-17-13-11-14-18-27,28-19-15-12-16-20-28)38-40(7,8)22-42(10,35-25(3)31)36-26(4)32;1-19(24)28-36(9,29-20(2)25)17-34(5,6)32-38(11,23-15-13-12-14-16-23)33-35(7,8)18-37(10,30-21(3)26)31-22(4)27/h11-20H,21-22H2,1-10H3;12-16H,17-18H2,1-11H3. The van der Waals surface area contributed by atoms with Crippen molar-refractivity contribution in [2.24, 2.45) is 0 Å². The van der Waals surface area contributed by atoms with Gasteiger partial charge in [0.25, 0.3) is 47.8 Å². The van der Waals surface area contributed by atoms with Crippen LogP contribution in [0.3, 0.4) is 0 Å². The molecule has 3 aromatic carbocycles. The topological polar surface area (TPSA) is 247 Å². The predicted octanol–water partition coefficient (Wildman–Crippen LogP) is 8.05. The second-order valence-electron chi connectivity index (χ2n) is 23.1. The summed E-state index contributed by atoms with van der Waals surface area (Å²) in [5.41, 5.74) is 1.17. The SMILES string of the molecule is CC(=O)O[Si](C)(C[Si](C)(C)O[Si](C)(O[Si](C)(C)C[Si](C)(OC(C)=O)OC(C)=O)c1ccccc1)OC(C)=O.CC(=O)O[Si](C)(C[Si](C)(C)O[Si](O[Si](C)(C)C[Si](C)(OC(C)=O)OC(C)=O)(c1ccccc1)c1ccccc1)OC(C)=O. The minimum Gasteiger partial charge on any atom is -0.485 e. The van der Waals surface area contributed by atoms with Crippen molar-refractivity contribution in [3.05, 3.63) is 91.0 Å². The molecule has 81 heavy (non-hydrogen) atoms. The third-order valence-electron chi connectivity index (χ3n) is 11.3. The minimum absolute atomic E-state index is 0.270. The molecular formula is C51H86O20Si10. The first-order valence-electron chi connectivity index (χ1n) is 26.3. The molecule has 0 spiro atoms. The van der Waals surface area contributed by atoms with Crippen molar-refractivity contribution >= 4 is 148 Å². The quantitative estimate of drug-likeness (QED) is 0.0655. The van der Waals surface area contributed by atoms with Crippen LogP contribution in [0.2, 0.25) is 108 Å². The Morgan fingerprint density at radius 2 is 0.444 bits per heavy atom. The molecule has 0 radical (unpaired) electrons. The van der Waals surface area contributed by atoms with Crippen molar-refractivity contribution < 1.29 is 90.2 Å². The summed E-state index contributed by atoms with van der Waals surface area (Å²) in [7, 11) is -31.0.